The van der Waals surface area contributed by atoms with Crippen molar-refractivity contribution in [2.75, 3.05) is 0 Å². The normalized spacial score (nSPS) is 12.7. The van der Waals surface area contributed by atoms with Gasteiger partial charge >= 0.3 is 0 Å². The molecule has 0 aliphatic carbocycles. The first-order chi connectivity index (χ1) is 7.31. The molecular weight excluding hydrogens is 232 g/mol. The lowest BCUT2D eigenvalue weighted by molar-refractivity contribution is 0.645. The summed E-state index contributed by atoms with van der Waals surface area (Å²) in [7, 11) is 0. The van der Waals surface area contributed by atoms with Gasteiger partial charge in [-0.1, -0.05) is 28.2 Å². The zero-order valence-electron chi connectivity index (χ0n) is 7.72. The molecule has 1 aromatic heterocycles. The third-order valence-electron chi connectivity index (χ3n) is 2.03. The second-order valence-electron chi connectivity index (χ2n) is 2.97. The summed E-state index contributed by atoms with van der Waals surface area (Å²) in [6, 6.07) is 7.42. The maximum Gasteiger partial charge on any atom is 0.0834 e. The zero-order valence-corrected chi connectivity index (χ0v) is 9.29. The molecule has 78 valence electrons. The van der Waals surface area contributed by atoms with Gasteiger partial charge in [-0.05, 0) is 29.2 Å². The van der Waals surface area contributed by atoms with E-state index >= 15 is 0 Å². The monoisotopic (exact) mass is 240 g/mol. The van der Waals surface area contributed by atoms with Crippen LogP contribution in [0.2, 0.25) is 5.02 Å². The van der Waals surface area contributed by atoms with E-state index in [2.05, 4.69) is 15.0 Å². The summed E-state index contributed by atoms with van der Waals surface area (Å²) < 4.78 is 3.80. The Balaban J connectivity index is 2.31. The molecule has 15 heavy (non-hydrogen) atoms. The summed E-state index contributed by atoms with van der Waals surface area (Å²) in [6.45, 7) is 0. The summed E-state index contributed by atoms with van der Waals surface area (Å²) >= 11 is 7.13. The SMILES string of the molecule is NNC(c1ccc(Cl)cc1)c1cnns1. The number of halogens is 1. The van der Waals surface area contributed by atoms with E-state index in [9.17, 15) is 0 Å². The van der Waals surface area contributed by atoms with Crippen LogP contribution in [0.3, 0.4) is 0 Å². The third-order valence-corrected chi connectivity index (χ3v) is 3.01. The highest BCUT2D eigenvalue weighted by atomic mass is 35.5. The van der Waals surface area contributed by atoms with Crippen molar-refractivity contribution in [1.82, 2.24) is 15.0 Å². The van der Waals surface area contributed by atoms with Crippen LogP contribution in [0, 0.1) is 0 Å². The molecule has 1 unspecified atom stereocenters. The molecule has 2 rings (SSSR count). The van der Waals surface area contributed by atoms with Gasteiger partial charge in [0.2, 0.25) is 0 Å². The van der Waals surface area contributed by atoms with Crippen LogP contribution in [0.4, 0.5) is 0 Å². The molecule has 4 nitrogen and oxygen atoms in total. The lowest BCUT2D eigenvalue weighted by Crippen LogP contribution is -2.28. The molecule has 1 atom stereocenters. The average Bonchev–Trinajstić information content (AvgIpc) is 2.75. The van der Waals surface area contributed by atoms with Crippen molar-refractivity contribution < 1.29 is 0 Å². The van der Waals surface area contributed by atoms with Crippen molar-refractivity contribution in [3.8, 4) is 0 Å². The van der Waals surface area contributed by atoms with Crippen molar-refractivity contribution in [2.24, 2.45) is 5.84 Å². The summed E-state index contributed by atoms with van der Waals surface area (Å²) in [5, 5.41) is 4.49. The minimum Gasteiger partial charge on any atom is -0.271 e. The van der Waals surface area contributed by atoms with Crippen LogP contribution >= 0.6 is 23.1 Å². The van der Waals surface area contributed by atoms with Crippen molar-refractivity contribution in [3.63, 3.8) is 0 Å². The Morgan fingerprint density at radius 2 is 2.07 bits per heavy atom. The molecule has 2 aromatic rings. The Kier molecular flexibility index (Phi) is 3.27. The first-order valence-corrected chi connectivity index (χ1v) is 5.45. The van der Waals surface area contributed by atoms with Crippen molar-refractivity contribution in [1.29, 1.82) is 0 Å². The quantitative estimate of drug-likeness (QED) is 0.634. The second-order valence-corrected chi connectivity index (χ2v) is 4.22. The van der Waals surface area contributed by atoms with Crippen molar-refractivity contribution >= 4 is 23.1 Å². The molecular formula is C9H9ClN4S. The number of nitrogens with one attached hydrogen (secondary N) is 1. The molecule has 0 aliphatic rings. The topological polar surface area (TPSA) is 63.8 Å². The Morgan fingerprint density at radius 3 is 2.60 bits per heavy atom. The van der Waals surface area contributed by atoms with Gasteiger partial charge in [-0.2, -0.15) is 0 Å². The molecule has 0 saturated heterocycles. The first-order valence-electron chi connectivity index (χ1n) is 4.30. The van der Waals surface area contributed by atoms with Gasteiger partial charge in [-0.3, -0.25) is 5.84 Å². The second kappa shape index (κ2) is 4.67. The fourth-order valence-corrected chi connectivity index (χ4v) is 2.02. The summed E-state index contributed by atoms with van der Waals surface area (Å²) in [5.41, 5.74) is 3.76. The van der Waals surface area contributed by atoms with Crippen LogP contribution in [0.5, 0.6) is 0 Å². The van der Waals surface area contributed by atoms with E-state index in [-0.39, 0.29) is 6.04 Å². The smallest absolute Gasteiger partial charge is 0.0834 e. The van der Waals surface area contributed by atoms with Gasteiger partial charge in [0, 0.05) is 5.02 Å². The Hall–Kier alpha value is -1.01. The molecule has 0 bridgehead atoms. The van der Waals surface area contributed by atoms with E-state index in [1.807, 2.05) is 24.3 Å². The van der Waals surface area contributed by atoms with E-state index in [0.717, 1.165) is 10.4 Å². The molecule has 0 spiro atoms. The lowest BCUT2D eigenvalue weighted by atomic mass is 10.1. The standard InChI is InChI=1S/C9H9ClN4S/c10-7-3-1-6(2-4-7)9(13-11)8-5-12-14-15-8/h1-5,9,13H,11H2. The summed E-state index contributed by atoms with van der Waals surface area (Å²) in [4.78, 5) is 0.972. The molecule has 1 heterocycles. The number of hydrogen-bond donors (Lipinski definition) is 2. The third kappa shape index (κ3) is 2.32. The fraction of sp³-hybridized carbons (Fsp3) is 0.111. The zero-order chi connectivity index (χ0) is 10.7. The molecule has 0 saturated carbocycles. The largest absolute Gasteiger partial charge is 0.271 e. The minimum absolute atomic E-state index is 0.0812. The molecule has 0 radical (unpaired) electrons. The average molecular weight is 241 g/mol. The van der Waals surface area contributed by atoms with Crippen molar-refractivity contribution in [2.45, 2.75) is 6.04 Å². The Labute approximate surface area is 96.2 Å². The number of hydrogen-bond acceptors (Lipinski definition) is 5. The molecule has 0 fully saturated rings. The number of hydrazine groups is 1. The van der Waals surface area contributed by atoms with E-state index in [0.29, 0.717) is 5.02 Å². The molecule has 1 aromatic carbocycles. The van der Waals surface area contributed by atoms with Crippen LogP contribution in [0.25, 0.3) is 0 Å². The highest BCUT2D eigenvalue weighted by Crippen LogP contribution is 2.24. The van der Waals surface area contributed by atoms with Gasteiger partial charge in [0.1, 0.15) is 0 Å². The Bertz CT molecular complexity index is 414. The van der Waals surface area contributed by atoms with Gasteiger partial charge in [-0.15, -0.1) is 5.10 Å². The molecule has 6 heteroatoms. The van der Waals surface area contributed by atoms with Crippen LogP contribution in [-0.4, -0.2) is 9.59 Å². The molecule has 0 aliphatic heterocycles. The van der Waals surface area contributed by atoms with Crippen LogP contribution in [-0.2, 0) is 0 Å². The molecule has 3 N–H and O–H groups in total. The van der Waals surface area contributed by atoms with Gasteiger partial charge < -0.3 is 0 Å². The highest BCUT2D eigenvalue weighted by molar-refractivity contribution is 7.05. The van der Waals surface area contributed by atoms with Gasteiger partial charge in [0.15, 0.2) is 0 Å². The number of aromatic nitrogens is 2. The summed E-state index contributed by atoms with van der Waals surface area (Å²) in [6.07, 6.45) is 1.70. The van der Waals surface area contributed by atoms with Crippen LogP contribution in [0.1, 0.15) is 16.5 Å². The maximum absolute atomic E-state index is 5.81. The number of nitrogens with two attached hydrogens (primary N) is 1. The van der Waals surface area contributed by atoms with E-state index < -0.39 is 0 Å². The number of rotatable bonds is 3. The lowest BCUT2D eigenvalue weighted by Gasteiger charge is -2.13. The maximum atomic E-state index is 5.81. The first kappa shape index (κ1) is 10.5. The van der Waals surface area contributed by atoms with E-state index in [1.54, 1.807) is 6.20 Å². The highest BCUT2D eigenvalue weighted by Gasteiger charge is 2.14. The van der Waals surface area contributed by atoms with Crippen LogP contribution < -0.4 is 11.3 Å². The predicted octanol–water partition coefficient (Wildman–Crippen LogP) is 1.74. The van der Waals surface area contributed by atoms with E-state index in [1.165, 1.54) is 11.5 Å². The van der Waals surface area contributed by atoms with Crippen molar-refractivity contribution in [3.05, 3.63) is 45.9 Å². The molecule has 0 amide bonds. The van der Waals surface area contributed by atoms with Gasteiger partial charge in [-0.25, -0.2) is 5.43 Å². The summed E-state index contributed by atoms with van der Waals surface area (Å²) in [5.74, 6) is 5.50. The number of benzene rings is 1. The Morgan fingerprint density at radius 1 is 1.33 bits per heavy atom. The van der Waals surface area contributed by atoms with E-state index in [4.69, 9.17) is 17.4 Å². The van der Waals surface area contributed by atoms with Gasteiger partial charge in [0.05, 0.1) is 17.1 Å². The van der Waals surface area contributed by atoms with Gasteiger partial charge in [0.25, 0.3) is 0 Å². The fourth-order valence-electron chi connectivity index (χ4n) is 1.30. The number of nitrogens with zero attached hydrogens (tertiary/aromatic N) is 2. The van der Waals surface area contributed by atoms with Crippen LogP contribution in [0.15, 0.2) is 30.5 Å². The minimum atomic E-state index is -0.0812. The predicted molar refractivity (Wildman–Crippen MR) is 60.5 cm³/mol.